The first kappa shape index (κ1) is 11.9. The zero-order valence-corrected chi connectivity index (χ0v) is 10.9. The van der Waals surface area contributed by atoms with Crippen molar-refractivity contribution in [1.82, 2.24) is 0 Å². The van der Waals surface area contributed by atoms with E-state index in [9.17, 15) is 0 Å². The second-order valence-electron chi connectivity index (χ2n) is 4.07. The number of nitrogens with two attached hydrogens (primary N) is 1. The Balaban J connectivity index is 2.18. The third-order valence-electron chi connectivity index (χ3n) is 2.64. The number of benzene rings is 1. The van der Waals surface area contributed by atoms with Gasteiger partial charge in [-0.2, -0.15) is 0 Å². The van der Waals surface area contributed by atoms with Crippen LogP contribution in [0.2, 0.25) is 0 Å². The molecule has 2 rings (SSSR count). The fraction of sp³-hybridized carbons (Fsp3) is 0.500. The Morgan fingerprint density at radius 3 is 3.00 bits per heavy atom. The van der Waals surface area contributed by atoms with Crippen LogP contribution < -0.4 is 10.5 Å². The van der Waals surface area contributed by atoms with E-state index in [1.165, 1.54) is 0 Å². The summed E-state index contributed by atoms with van der Waals surface area (Å²) < 4.78 is 12.2. The standard InChI is InChI=1S/C12H16BrNO2/c1-8(14)11-6-9(13)2-3-12(11)16-10-4-5-15-7-10/h2-3,6,8,10H,4-5,7,14H2,1H3/t8-,10?/m0/s1. The van der Waals surface area contributed by atoms with Crippen LogP contribution in [-0.2, 0) is 4.74 Å². The van der Waals surface area contributed by atoms with E-state index in [-0.39, 0.29) is 12.1 Å². The van der Waals surface area contributed by atoms with Gasteiger partial charge in [0, 0.05) is 22.5 Å². The Morgan fingerprint density at radius 1 is 1.56 bits per heavy atom. The molecular formula is C12H16BrNO2. The lowest BCUT2D eigenvalue weighted by molar-refractivity contribution is 0.140. The normalized spacial score (nSPS) is 22.1. The number of ether oxygens (including phenoxy) is 2. The zero-order valence-electron chi connectivity index (χ0n) is 9.28. The first-order valence-corrected chi connectivity index (χ1v) is 6.25. The highest BCUT2D eigenvalue weighted by Gasteiger charge is 2.19. The van der Waals surface area contributed by atoms with E-state index < -0.39 is 0 Å². The molecule has 16 heavy (non-hydrogen) atoms. The van der Waals surface area contributed by atoms with Crippen LogP contribution in [0.3, 0.4) is 0 Å². The Hall–Kier alpha value is -0.580. The molecule has 1 saturated heterocycles. The molecule has 88 valence electrons. The van der Waals surface area contributed by atoms with E-state index in [0.29, 0.717) is 6.61 Å². The van der Waals surface area contributed by atoms with Gasteiger partial charge in [0.05, 0.1) is 13.2 Å². The van der Waals surface area contributed by atoms with E-state index in [4.69, 9.17) is 15.2 Å². The van der Waals surface area contributed by atoms with Crippen molar-refractivity contribution in [3.63, 3.8) is 0 Å². The van der Waals surface area contributed by atoms with Crippen LogP contribution in [0.25, 0.3) is 0 Å². The van der Waals surface area contributed by atoms with Gasteiger partial charge in [0.15, 0.2) is 0 Å². The van der Waals surface area contributed by atoms with Crippen molar-refractivity contribution < 1.29 is 9.47 Å². The van der Waals surface area contributed by atoms with E-state index in [0.717, 1.165) is 28.8 Å². The summed E-state index contributed by atoms with van der Waals surface area (Å²) in [7, 11) is 0. The van der Waals surface area contributed by atoms with Crippen molar-refractivity contribution in [2.24, 2.45) is 5.73 Å². The molecule has 2 atom stereocenters. The molecule has 1 aliphatic rings. The first-order chi connectivity index (χ1) is 7.66. The lowest BCUT2D eigenvalue weighted by Crippen LogP contribution is -2.18. The van der Waals surface area contributed by atoms with Crippen molar-refractivity contribution in [3.8, 4) is 5.75 Å². The summed E-state index contributed by atoms with van der Waals surface area (Å²) in [6.07, 6.45) is 1.12. The van der Waals surface area contributed by atoms with Crippen molar-refractivity contribution in [1.29, 1.82) is 0 Å². The third-order valence-corrected chi connectivity index (χ3v) is 3.14. The molecule has 0 bridgehead atoms. The molecule has 1 aromatic rings. The van der Waals surface area contributed by atoms with Crippen LogP contribution in [0.5, 0.6) is 5.75 Å². The molecule has 1 fully saturated rings. The fourth-order valence-electron chi connectivity index (χ4n) is 1.77. The molecule has 0 amide bonds. The average Bonchev–Trinajstić information content (AvgIpc) is 2.73. The van der Waals surface area contributed by atoms with Gasteiger partial charge in [-0.3, -0.25) is 0 Å². The van der Waals surface area contributed by atoms with Gasteiger partial charge in [0.25, 0.3) is 0 Å². The first-order valence-electron chi connectivity index (χ1n) is 5.46. The second-order valence-corrected chi connectivity index (χ2v) is 4.99. The van der Waals surface area contributed by atoms with Crippen molar-refractivity contribution in [3.05, 3.63) is 28.2 Å². The van der Waals surface area contributed by atoms with Gasteiger partial charge in [0.1, 0.15) is 11.9 Å². The maximum Gasteiger partial charge on any atom is 0.124 e. The summed E-state index contributed by atoms with van der Waals surface area (Å²) in [6.45, 7) is 3.42. The highest BCUT2D eigenvalue weighted by atomic mass is 79.9. The largest absolute Gasteiger partial charge is 0.488 e. The van der Waals surface area contributed by atoms with Crippen LogP contribution in [0.15, 0.2) is 22.7 Å². The van der Waals surface area contributed by atoms with Crippen molar-refractivity contribution >= 4 is 15.9 Å². The Kier molecular flexibility index (Phi) is 3.84. The minimum Gasteiger partial charge on any atom is -0.488 e. The van der Waals surface area contributed by atoms with Crippen molar-refractivity contribution in [2.45, 2.75) is 25.5 Å². The molecular weight excluding hydrogens is 270 g/mol. The predicted molar refractivity (Wildman–Crippen MR) is 66.6 cm³/mol. The van der Waals surface area contributed by atoms with Crippen LogP contribution in [0.4, 0.5) is 0 Å². The maximum atomic E-state index is 5.93. The number of hydrogen-bond acceptors (Lipinski definition) is 3. The third kappa shape index (κ3) is 2.75. The van der Waals surface area contributed by atoms with Crippen LogP contribution in [0, 0.1) is 0 Å². The molecule has 1 aromatic carbocycles. The fourth-order valence-corrected chi connectivity index (χ4v) is 2.15. The number of hydrogen-bond donors (Lipinski definition) is 1. The highest BCUT2D eigenvalue weighted by molar-refractivity contribution is 9.10. The molecule has 1 unspecified atom stereocenters. The topological polar surface area (TPSA) is 44.5 Å². The van der Waals surface area contributed by atoms with Gasteiger partial charge in [-0.05, 0) is 25.1 Å². The summed E-state index contributed by atoms with van der Waals surface area (Å²) in [4.78, 5) is 0. The van der Waals surface area contributed by atoms with Gasteiger partial charge < -0.3 is 15.2 Å². The van der Waals surface area contributed by atoms with E-state index in [2.05, 4.69) is 15.9 Å². The number of rotatable bonds is 3. The Morgan fingerprint density at radius 2 is 2.38 bits per heavy atom. The molecule has 2 N–H and O–H groups in total. The highest BCUT2D eigenvalue weighted by Crippen LogP contribution is 2.29. The molecule has 0 aromatic heterocycles. The van der Waals surface area contributed by atoms with Gasteiger partial charge in [-0.15, -0.1) is 0 Å². The van der Waals surface area contributed by atoms with Gasteiger partial charge in [-0.1, -0.05) is 15.9 Å². The van der Waals surface area contributed by atoms with Gasteiger partial charge in [-0.25, -0.2) is 0 Å². The Labute approximate surface area is 104 Å². The molecule has 0 aliphatic carbocycles. The molecule has 3 nitrogen and oxygen atoms in total. The summed E-state index contributed by atoms with van der Waals surface area (Å²) in [5, 5.41) is 0. The molecule has 1 heterocycles. The summed E-state index contributed by atoms with van der Waals surface area (Å²) >= 11 is 3.44. The Bertz CT molecular complexity index is 362. The van der Waals surface area contributed by atoms with Gasteiger partial charge in [0.2, 0.25) is 0 Å². The summed E-state index contributed by atoms with van der Waals surface area (Å²) in [5.41, 5.74) is 6.95. The van der Waals surface area contributed by atoms with Crippen LogP contribution in [0.1, 0.15) is 24.9 Å². The lowest BCUT2D eigenvalue weighted by Gasteiger charge is -2.17. The minimum absolute atomic E-state index is 0.0326. The predicted octanol–water partition coefficient (Wildman–Crippen LogP) is 2.64. The zero-order chi connectivity index (χ0) is 11.5. The second kappa shape index (κ2) is 5.17. The maximum absolute atomic E-state index is 5.93. The monoisotopic (exact) mass is 285 g/mol. The van der Waals surface area contributed by atoms with Crippen LogP contribution in [-0.4, -0.2) is 19.3 Å². The summed E-state index contributed by atoms with van der Waals surface area (Å²) in [6, 6.07) is 5.91. The molecule has 0 saturated carbocycles. The van der Waals surface area contributed by atoms with E-state index in [1.807, 2.05) is 25.1 Å². The quantitative estimate of drug-likeness (QED) is 0.929. The smallest absolute Gasteiger partial charge is 0.124 e. The average molecular weight is 286 g/mol. The lowest BCUT2D eigenvalue weighted by atomic mass is 10.1. The van der Waals surface area contributed by atoms with E-state index in [1.54, 1.807) is 0 Å². The number of halogens is 1. The van der Waals surface area contributed by atoms with Crippen molar-refractivity contribution in [2.75, 3.05) is 13.2 Å². The minimum atomic E-state index is -0.0326. The van der Waals surface area contributed by atoms with Gasteiger partial charge >= 0.3 is 0 Å². The van der Waals surface area contributed by atoms with Crippen LogP contribution >= 0.6 is 15.9 Å². The summed E-state index contributed by atoms with van der Waals surface area (Å²) in [5.74, 6) is 0.869. The molecule has 1 aliphatic heterocycles. The van der Waals surface area contributed by atoms with E-state index >= 15 is 0 Å². The SMILES string of the molecule is C[C@H](N)c1cc(Br)ccc1OC1CCOC1. The molecule has 4 heteroatoms. The molecule has 0 spiro atoms. The molecule has 0 radical (unpaired) electrons.